The van der Waals surface area contributed by atoms with E-state index in [1.807, 2.05) is 13.8 Å². The van der Waals surface area contributed by atoms with Crippen molar-refractivity contribution in [2.75, 3.05) is 31.1 Å². The minimum atomic E-state index is -0.456. The van der Waals surface area contributed by atoms with Crippen LogP contribution in [0.2, 0.25) is 0 Å². The van der Waals surface area contributed by atoms with Crippen molar-refractivity contribution in [1.29, 1.82) is 0 Å². The predicted octanol–water partition coefficient (Wildman–Crippen LogP) is 2.19. The third kappa shape index (κ3) is 4.51. The third-order valence-electron chi connectivity index (χ3n) is 5.54. The Labute approximate surface area is 165 Å². The van der Waals surface area contributed by atoms with E-state index in [0.717, 1.165) is 12.8 Å². The molecule has 0 spiro atoms. The zero-order valence-corrected chi connectivity index (χ0v) is 16.5. The molecule has 1 aromatic carbocycles. The Balaban J connectivity index is 1.59. The van der Waals surface area contributed by atoms with Crippen LogP contribution in [0.15, 0.2) is 24.3 Å². The number of hydrogen-bond acceptors (Lipinski definition) is 3. The van der Waals surface area contributed by atoms with Crippen LogP contribution in [0.4, 0.5) is 10.1 Å². The number of benzene rings is 1. The topological polar surface area (TPSA) is 69.7 Å². The van der Waals surface area contributed by atoms with Gasteiger partial charge in [0.15, 0.2) is 0 Å². The molecule has 1 N–H and O–H groups in total. The molecule has 6 nitrogen and oxygen atoms in total. The smallest absolute Gasteiger partial charge is 0.228 e. The van der Waals surface area contributed by atoms with Gasteiger partial charge in [-0.15, -0.1) is 0 Å². The first-order valence-corrected chi connectivity index (χ1v) is 9.98. The lowest BCUT2D eigenvalue weighted by atomic mass is 9.96. The van der Waals surface area contributed by atoms with Crippen molar-refractivity contribution < 1.29 is 18.8 Å². The van der Waals surface area contributed by atoms with E-state index in [2.05, 4.69) is 5.32 Å². The van der Waals surface area contributed by atoms with Crippen molar-refractivity contribution >= 4 is 23.4 Å². The molecule has 3 amide bonds. The van der Waals surface area contributed by atoms with Crippen LogP contribution in [-0.4, -0.2) is 48.8 Å². The van der Waals surface area contributed by atoms with Crippen molar-refractivity contribution in [3.8, 4) is 0 Å². The van der Waals surface area contributed by atoms with Crippen molar-refractivity contribution in [2.45, 2.75) is 33.1 Å². The Bertz CT molecular complexity index is 752. The largest absolute Gasteiger partial charge is 0.356 e. The summed E-state index contributed by atoms with van der Waals surface area (Å²) in [5.41, 5.74) is 0.232. The summed E-state index contributed by atoms with van der Waals surface area (Å²) in [6.07, 6.45) is 1.96. The summed E-state index contributed by atoms with van der Waals surface area (Å²) in [6, 6.07) is 6.14. The molecule has 0 saturated carbocycles. The van der Waals surface area contributed by atoms with Gasteiger partial charge in [-0.25, -0.2) is 4.39 Å². The van der Waals surface area contributed by atoms with E-state index in [9.17, 15) is 18.8 Å². The number of piperidine rings is 1. The zero-order chi connectivity index (χ0) is 20.3. The van der Waals surface area contributed by atoms with Gasteiger partial charge in [0, 0.05) is 38.5 Å². The zero-order valence-electron chi connectivity index (χ0n) is 16.5. The highest BCUT2D eigenvalue weighted by Crippen LogP contribution is 2.29. The number of anilines is 1. The molecule has 3 rings (SSSR count). The minimum absolute atomic E-state index is 0.0189. The number of likely N-dealkylation sites (tertiary alicyclic amines) is 1. The average molecular weight is 389 g/mol. The molecule has 0 aromatic heterocycles. The second kappa shape index (κ2) is 8.71. The molecule has 2 aliphatic heterocycles. The standard InChI is InChI=1S/C21H28FN3O3/c1-14(2)20(27)23-11-15-6-5-9-24(12-15)21(28)16-10-19(26)25(13-16)18-8-4-3-7-17(18)22/h3-4,7-8,14-16H,5-6,9-13H2,1-2H3,(H,23,27). The van der Waals surface area contributed by atoms with Crippen LogP contribution >= 0.6 is 0 Å². The first-order chi connectivity index (χ1) is 13.4. The quantitative estimate of drug-likeness (QED) is 0.839. The fraction of sp³-hybridized carbons (Fsp3) is 0.571. The number of carbonyl (C=O) groups is 3. The normalized spacial score (nSPS) is 22.6. The number of nitrogens with zero attached hydrogens (tertiary/aromatic N) is 2. The van der Waals surface area contributed by atoms with Gasteiger partial charge in [0.2, 0.25) is 17.7 Å². The Hall–Kier alpha value is -2.44. The van der Waals surface area contributed by atoms with Crippen LogP contribution < -0.4 is 10.2 Å². The summed E-state index contributed by atoms with van der Waals surface area (Å²) in [4.78, 5) is 40.3. The maximum Gasteiger partial charge on any atom is 0.228 e. The Kier molecular flexibility index (Phi) is 6.31. The lowest BCUT2D eigenvalue weighted by Crippen LogP contribution is -2.46. The van der Waals surface area contributed by atoms with Crippen molar-refractivity contribution in [2.24, 2.45) is 17.8 Å². The fourth-order valence-corrected chi connectivity index (χ4v) is 3.92. The molecule has 2 atom stereocenters. The van der Waals surface area contributed by atoms with Gasteiger partial charge in [-0.1, -0.05) is 26.0 Å². The summed E-state index contributed by atoms with van der Waals surface area (Å²) >= 11 is 0. The summed E-state index contributed by atoms with van der Waals surface area (Å²) in [6.45, 7) is 5.73. The first-order valence-electron chi connectivity index (χ1n) is 9.98. The Morgan fingerprint density at radius 3 is 2.71 bits per heavy atom. The highest BCUT2D eigenvalue weighted by atomic mass is 19.1. The van der Waals surface area contributed by atoms with E-state index in [-0.39, 0.29) is 48.2 Å². The Morgan fingerprint density at radius 1 is 1.25 bits per heavy atom. The van der Waals surface area contributed by atoms with Gasteiger partial charge in [0.1, 0.15) is 5.82 Å². The van der Waals surface area contributed by atoms with Crippen molar-refractivity contribution in [1.82, 2.24) is 10.2 Å². The Morgan fingerprint density at radius 2 is 2.00 bits per heavy atom. The van der Waals surface area contributed by atoms with Crippen LogP contribution in [0, 0.1) is 23.6 Å². The SMILES string of the molecule is CC(C)C(=O)NCC1CCCN(C(=O)C2CC(=O)N(c3ccccc3F)C2)C1. The molecule has 2 fully saturated rings. The molecule has 2 unspecified atom stereocenters. The summed E-state index contributed by atoms with van der Waals surface area (Å²) in [5.74, 6) is -0.993. The van der Waals surface area contributed by atoms with Gasteiger partial charge in [0.05, 0.1) is 11.6 Å². The second-order valence-electron chi connectivity index (χ2n) is 8.05. The molecule has 0 aliphatic carbocycles. The van der Waals surface area contributed by atoms with Gasteiger partial charge in [-0.3, -0.25) is 14.4 Å². The molecular formula is C21H28FN3O3. The molecule has 2 heterocycles. The molecule has 28 heavy (non-hydrogen) atoms. The van der Waals surface area contributed by atoms with Crippen molar-refractivity contribution in [3.05, 3.63) is 30.1 Å². The predicted molar refractivity (Wildman–Crippen MR) is 104 cm³/mol. The van der Waals surface area contributed by atoms with E-state index in [0.29, 0.717) is 19.6 Å². The first kappa shape index (κ1) is 20.3. The number of amides is 3. The number of nitrogens with one attached hydrogen (secondary N) is 1. The molecule has 7 heteroatoms. The van der Waals surface area contributed by atoms with Crippen molar-refractivity contribution in [3.63, 3.8) is 0 Å². The van der Waals surface area contributed by atoms with E-state index >= 15 is 0 Å². The molecule has 2 aliphatic rings. The molecule has 0 bridgehead atoms. The van der Waals surface area contributed by atoms with Gasteiger partial charge in [0.25, 0.3) is 0 Å². The summed E-state index contributed by atoms with van der Waals surface area (Å²) < 4.78 is 14.0. The van der Waals surface area contributed by atoms with E-state index in [1.54, 1.807) is 23.1 Å². The molecule has 152 valence electrons. The molecular weight excluding hydrogens is 361 g/mol. The fourth-order valence-electron chi connectivity index (χ4n) is 3.92. The molecule has 1 aromatic rings. The number of halogens is 1. The summed E-state index contributed by atoms with van der Waals surface area (Å²) in [7, 11) is 0. The van der Waals surface area contributed by atoms with Crippen LogP contribution in [0.5, 0.6) is 0 Å². The van der Waals surface area contributed by atoms with E-state index < -0.39 is 11.7 Å². The van der Waals surface area contributed by atoms with E-state index in [1.165, 1.54) is 11.0 Å². The van der Waals surface area contributed by atoms with Gasteiger partial charge >= 0.3 is 0 Å². The molecule has 0 radical (unpaired) electrons. The maximum absolute atomic E-state index is 14.0. The highest BCUT2D eigenvalue weighted by molar-refractivity contribution is 6.00. The maximum atomic E-state index is 14.0. The van der Waals surface area contributed by atoms with Gasteiger partial charge in [-0.2, -0.15) is 0 Å². The van der Waals surface area contributed by atoms with Crippen LogP contribution in [-0.2, 0) is 14.4 Å². The number of rotatable bonds is 5. The van der Waals surface area contributed by atoms with Crippen LogP contribution in [0.1, 0.15) is 33.1 Å². The monoisotopic (exact) mass is 389 g/mol. The van der Waals surface area contributed by atoms with E-state index in [4.69, 9.17) is 0 Å². The number of para-hydroxylation sites is 1. The highest BCUT2D eigenvalue weighted by Gasteiger charge is 2.39. The lowest BCUT2D eigenvalue weighted by molar-refractivity contribution is -0.137. The minimum Gasteiger partial charge on any atom is -0.356 e. The van der Waals surface area contributed by atoms with Gasteiger partial charge < -0.3 is 15.1 Å². The second-order valence-corrected chi connectivity index (χ2v) is 8.05. The van der Waals surface area contributed by atoms with Crippen LogP contribution in [0.3, 0.4) is 0 Å². The summed E-state index contributed by atoms with van der Waals surface area (Å²) in [5, 5.41) is 2.94. The van der Waals surface area contributed by atoms with Crippen LogP contribution in [0.25, 0.3) is 0 Å². The molecule has 2 saturated heterocycles. The van der Waals surface area contributed by atoms with Gasteiger partial charge in [-0.05, 0) is 30.9 Å². The number of carbonyl (C=O) groups excluding carboxylic acids is 3. The number of hydrogen-bond donors (Lipinski definition) is 1. The lowest BCUT2D eigenvalue weighted by Gasteiger charge is -2.34. The third-order valence-corrected chi connectivity index (χ3v) is 5.54. The average Bonchev–Trinajstić information content (AvgIpc) is 3.07.